The Kier molecular flexibility index (Phi) is 7.67. The maximum atomic E-state index is 14.6. The summed E-state index contributed by atoms with van der Waals surface area (Å²) in [6.45, 7) is 10.3. The number of carbonyl (C=O) groups excluding carboxylic acids is 1. The lowest BCUT2D eigenvalue weighted by atomic mass is 9.95. The molecule has 3 aromatic rings. The largest absolute Gasteiger partial charge is 0.461 e. The molecule has 2 aromatic carbocycles. The van der Waals surface area contributed by atoms with E-state index in [1.54, 1.807) is 0 Å². The Labute approximate surface area is 281 Å². The van der Waals surface area contributed by atoms with Crippen LogP contribution in [0.1, 0.15) is 64.1 Å². The molecule has 4 saturated heterocycles. The normalized spacial score (nSPS) is 27.3. The highest BCUT2D eigenvalue weighted by Gasteiger charge is 2.50. The van der Waals surface area contributed by atoms with Crippen LogP contribution in [0.2, 0.25) is 5.02 Å². The number of halogens is 2. The molecule has 4 atom stereocenters. The Morgan fingerprint density at radius 2 is 1.81 bits per heavy atom. The van der Waals surface area contributed by atoms with Crippen LogP contribution in [0.5, 0.6) is 6.01 Å². The lowest BCUT2D eigenvalue weighted by Gasteiger charge is -2.43. The van der Waals surface area contributed by atoms with Crippen molar-refractivity contribution in [3.63, 3.8) is 0 Å². The van der Waals surface area contributed by atoms with Crippen molar-refractivity contribution in [3.05, 3.63) is 52.7 Å². The zero-order valence-electron chi connectivity index (χ0n) is 27.6. The maximum Gasteiger partial charge on any atom is 0.410 e. The zero-order chi connectivity index (χ0) is 32.5. The van der Waals surface area contributed by atoms with Crippen LogP contribution in [0.15, 0.2) is 36.4 Å². The van der Waals surface area contributed by atoms with E-state index < -0.39 is 11.8 Å². The first-order chi connectivity index (χ1) is 22.6. The molecule has 11 heteroatoms. The fraction of sp³-hybridized carbons (Fsp3) is 0.583. The first-order valence-electron chi connectivity index (χ1n) is 17.2. The van der Waals surface area contributed by atoms with Crippen molar-refractivity contribution in [3.8, 4) is 6.01 Å². The number of ether oxygens (including phenoxy) is 2. The van der Waals surface area contributed by atoms with E-state index in [4.69, 9.17) is 31.0 Å². The van der Waals surface area contributed by atoms with Crippen LogP contribution in [0.4, 0.5) is 20.7 Å². The molecule has 1 aromatic heterocycles. The third-order valence-corrected chi connectivity index (χ3v) is 11.1. The van der Waals surface area contributed by atoms with E-state index in [9.17, 15) is 9.18 Å². The Bertz CT molecular complexity index is 1680. The van der Waals surface area contributed by atoms with Gasteiger partial charge in [0.25, 0.3) is 0 Å². The molecule has 0 N–H and O–H groups in total. The number of nitrogens with zero attached hydrogens (tertiary/aromatic N) is 6. The molecule has 8 rings (SSSR count). The highest BCUT2D eigenvalue weighted by atomic mass is 35.5. The zero-order valence-corrected chi connectivity index (χ0v) is 28.3. The van der Waals surface area contributed by atoms with Gasteiger partial charge in [-0.2, -0.15) is 9.97 Å². The monoisotopic (exact) mass is 662 g/mol. The maximum absolute atomic E-state index is 14.6. The summed E-state index contributed by atoms with van der Waals surface area (Å²) in [6, 6.07) is 12.8. The van der Waals surface area contributed by atoms with Gasteiger partial charge in [-0.3, -0.25) is 9.80 Å². The van der Waals surface area contributed by atoms with Gasteiger partial charge >= 0.3 is 12.1 Å². The van der Waals surface area contributed by atoms with Crippen molar-refractivity contribution in [2.24, 2.45) is 0 Å². The smallest absolute Gasteiger partial charge is 0.410 e. The van der Waals surface area contributed by atoms with Gasteiger partial charge < -0.3 is 19.3 Å². The van der Waals surface area contributed by atoms with E-state index >= 15 is 0 Å². The number of hydrogen-bond donors (Lipinski definition) is 0. The fourth-order valence-corrected chi connectivity index (χ4v) is 9.07. The first-order valence-corrected chi connectivity index (χ1v) is 17.5. The highest BCUT2D eigenvalue weighted by molar-refractivity contribution is 6.36. The number of piperazine rings is 1. The summed E-state index contributed by atoms with van der Waals surface area (Å²) in [7, 11) is 0. The number of rotatable bonds is 5. The number of amides is 1. The SMILES string of the molecule is CC(C)(C)OC(=O)N1[C@@H]2CC[C@H]1CN(c1nc(OCC34CCCN3CC(F)C4)nc3c1CCN(c1cccc4cccc(Cl)c14)C3)C2. The molecule has 2 unspecified atom stereocenters. The van der Waals surface area contributed by atoms with E-state index in [0.717, 1.165) is 83.8 Å². The number of benzene rings is 2. The van der Waals surface area contributed by atoms with Crippen molar-refractivity contribution >= 4 is 40.0 Å². The molecule has 2 bridgehead atoms. The summed E-state index contributed by atoms with van der Waals surface area (Å²) in [4.78, 5) is 32.3. The van der Waals surface area contributed by atoms with Gasteiger partial charge in [-0.15, -0.1) is 0 Å². The van der Waals surface area contributed by atoms with Crippen LogP contribution in [-0.4, -0.2) is 94.6 Å². The molecule has 0 spiro atoms. The summed E-state index contributed by atoms with van der Waals surface area (Å²) in [6.07, 6.45) is 4.08. The number of alkyl halides is 1. The van der Waals surface area contributed by atoms with Crippen molar-refractivity contribution in [1.29, 1.82) is 0 Å². The molecular formula is C36H44ClFN6O3. The topological polar surface area (TPSA) is 74.3 Å². The third kappa shape index (κ3) is 5.65. The number of aromatic nitrogens is 2. The molecule has 0 radical (unpaired) electrons. The van der Waals surface area contributed by atoms with Gasteiger partial charge in [0.05, 0.1) is 34.9 Å². The minimum absolute atomic E-state index is 0.0578. The van der Waals surface area contributed by atoms with Crippen LogP contribution in [0.3, 0.4) is 0 Å². The minimum atomic E-state index is -0.822. The van der Waals surface area contributed by atoms with Crippen LogP contribution in [0.25, 0.3) is 10.8 Å². The molecule has 6 heterocycles. The van der Waals surface area contributed by atoms with Gasteiger partial charge in [0, 0.05) is 49.2 Å². The highest BCUT2D eigenvalue weighted by Crippen LogP contribution is 2.42. The average molecular weight is 663 g/mol. The summed E-state index contributed by atoms with van der Waals surface area (Å²) in [5.74, 6) is 0.900. The number of hydrogen-bond acceptors (Lipinski definition) is 8. The van der Waals surface area contributed by atoms with Crippen molar-refractivity contribution in [2.45, 2.75) is 95.2 Å². The van der Waals surface area contributed by atoms with E-state index in [1.807, 2.05) is 37.8 Å². The molecule has 0 aliphatic carbocycles. The van der Waals surface area contributed by atoms with Gasteiger partial charge in [0.15, 0.2) is 0 Å². The van der Waals surface area contributed by atoms with Gasteiger partial charge in [0.2, 0.25) is 0 Å². The predicted molar refractivity (Wildman–Crippen MR) is 181 cm³/mol. The standard InChI is InChI=1S/C36H44ClFN6O3/c1-35(2,3)47-34(45)44-25-11-12-26(44)20-42(19-25)32-27-13-16-41(30-10-5-8-23-7-4-9-28(37)31(23)30)21-29(27)39-33(40-32)46-22-36-14-6-15-43(36)18-24(38)17-36/h4-5,7-10,24-26H,6,11-22H2,1-3H3/t24?,25-,26+,36?. The third-order valence-electron chi connectivity index (χ3n) is 10.8. The fourth-order valence-electron chi connectivity index (χ4n) is 8.80. The van der Waals surface area contributed by atoms with E-state index in [-0.39, 0.29) is 23.7 Å². The molecule has 9 nitrogen and oxygen atoms in total. The Morgan fingerprint density at radius 1 is 1.04 bits per heavy atom. The minimum Gasteiger partial charge on any atom is -0.461 e. The van der Waals surface area contributed by atoms with Crippen molar-refractivity contribution < 1.29 is 18.7 Å². The van der Waals surface area contributed by atoms with Crippen LogP contribution < -0.4 is 14.5 Å². The molecule has 5 aliphatic heterocycles. The molecule has 4 fully saturated rings. The van der Waals surface area contributed by atoms with Gasteiger partial charge in [-0.1, -0.05) is 35.9 Å². The van der Waals surface area contributed by atoms with Gasteiger partial charge in [-0.25, -0.2) is 9.18 Å². The molecule has 250 valence electrons. The van der Waals surface area contributed by atoms with Gasteiger partial charge in [0.1, 0.15) is 24.2 Å². The number of fused-ring (bicyclic) bond motifs is 5. The first kappa shape index (κ1) is 30.9. The second-order valence-electron chi connectivity index (χ2n) is 15.1. The molecule has 1 amide bonds. The molecule has 47 heavy (non-hydrogen) atoms. The number of carbonyl (C=O) groups is 1. The lowest BCUT2D eigenvalue weighted by Crippen LogP contribution is -2.57. The quantitative estimate of drug-likeness (QED) is 0.311. The Morgan fingerprint density at radius 3 is 2.57 bits per heavy atom. The van der Waals surface area contributed by atoms with Crippen LogP contribution >= 0.6 is 11.6 Å². The van der Waals surface area contributed by atoms with Crippen LogP contribution in [-0.2, 0) is 17.7 Å². The summed E-state index contributed by atoms with van der Waals surface area (Å²) >= 11 is 6.75. The Balaban J connectivity index is 1.12. The summed E-state index contributed by atoms with van der Waals surface area (Å²) in [5, 5.41) is 2.88. The van der Waals surface area contributed by atoms with E-state index in [1.165, 1.54) is 0 Å². The van der Waals surface area contributed by atoms with Crippen LogP contribution in [0, 0.1) is 0 Å². The molecule has 0 saturated carbocycles. The average Bonchev–Trinajstić information content (AvgIpc) is 3.65. The van der Waals surface area contributed by atoms with Crippen molar-refractivity contribution in [2.75, 3.05) is 49.1 Å². The lowest BCUT2D eigenvalue weighted by molar-refractivity contribution is 0.0122. The van der Waals surface area contributed by atoms with Gasteiger partial charge in [-0.05, 0) is 76.9 Å². The van der Waals surface area contributed by atoms with E-state index in [2.05, 4.69) is 39.0 Å². The number of anilines is 2. The van der Waals surface area contributed by atoms with E-state index in [0.29, 0.717) is 45.2 Å². The summed E-state index contributed by atoms with van der Waals surface area (Å²) < 4.78 is 26.8. The predicted octanol–water partition coefficient (Wildman–Crippen LogP) is 6.39. The summed E-state index contributed by atoms with van der Waals surface area (Å²) in [5.41, 5.74) is 2.34. The van der Waals surface area contributed by atoms with Crippen molar-refractivity contribution in [1.82, 2.24) is 19.8 Å². The molecule has 5 aliphatic rings. The Hall–Kier alpha value is -3.37. The second kappa shape index (κ2) is 11.7. The molecular weight excluding hydrogens is 619 g/mol. The second-order valence-corrected chi connectivity index (χ2v) is 15.5.